The van der Waals surface area contributed by atoms with Crippen molar-refractivity contribution in [2.75, 3.05) is 46.5 Å². The van der Waals surface area contributed by atoms with Crippen molar-refractivity contribution in [1.29, 1.82) is 0 Å². The van der Waals surface area contributed by atoms with Crippen LogP contribution < -0.4 is 4.74 Å². The standard InChI is InChI=1S/C22H32N2O3/c1-26-21-15-19-5-2-4-18(19)14-20(21)16-23-8-3-9-24(11-10-23)22(25)17-6-12-27-13-7-17/h14-15,17H,2-13,16H2,1H3. The fourth-order valence-electron chi connectivity index (χ4n) is 4.76. The van der Waals surface area contributed by atoms with Crippen molar-refractivity contribution in [3.8, 4) is 5.75 Å². The molecule has 0 atom stereocenters. The average Bonchev–Trinajstić information content (AvgIpc) is 3.04. The number of fused-ring (bicyclic) bond motifs is 1. The number of nitrogens with zero attached hydrogens (tertiary/aromatic N) is 2. The minimum atomic E-state index is 0.169. The van der Waals surface area contributed by atoms with Crippen LogP contribution in [0.3, 0.4) is 0 Å². The van der Waals surface area contributed by atoms with Gasteiger partial charge in [0.2, 0.25) is 5.91 Å². The van der Waals surface area contributed by atoms with Gasteiger partial charge in [0.05, 0.1) is 7.11 Å². The molecular formula is C22H32N2O3. The topological polar surface area (TPSA) is 42.0 Å². The maximum absolute atomic E-state index is 12.8. The van der Waals surface area contributed by atoms with Crippen LogP contribution in [0.2, 0.25) is 0 Å². The van der Waals surface area contributed by atoms with E-state index in [0.717, 1.165) is 70.9 Å². The Morgan fingerprint density at radius 3 is 2.63 bits per heavy atom. The van der Waals surface area contributed by atoms with Crippen molar-refractivity contribution in [2.45, 2.75) is 45.1 Å². The van der Waals surface area contributed by atoms with E-state index >= 15 is 0 Å². The number of methoxy groups -OCH3 is 1. The Kier molecular flexibility index (Phi) is 5.98. The lowest BCUT2D eigenvalue weighted by atomic mass is 9.98. The molecule has 4 rings (SSSR count). The summed E-state index contributed by atoms with van der Waals surface area (Å²) >= 11 is 0. The highest BCUT2D eigenvalue weighted by molar-refractivity contribution is 5.79. The quantitative estimate of drug-likeness (QED) is 0.815. The van der Waals surface area contributed by atoms with E-state index in [1.54, 1.807) is 7.11 Å². The van der Waals surface area contributed by atoms with Crippen LogP contribution in [0.15, 0.2) is 12.1 Å². The number of carbonyl (C=O) groups is 1. The first-order valence-corrected chi connectivity index (χ1v) is 10.5. The smallest absolute Gasteiger partial charge is 0.225 e. The van der Waals surface area contributed by atoms with Gasteiger partial charge < -0.3 is 14.4 Å². The second-order valence-corrected chi connectivity index (χ2v) is 8.13. The Morgan fingerprint density at radius 2 is 1.85 bits per heavy atom. The van der Waals surface area contributed by atoms with Gasteiger partial charge in [0.25, 0.3) is 0 Å². The van der Waals surface area contributed by atoms with Crippen LogP contribution in [0.1, 0.15) is 42.4 Å². The van der Waals surface area contributed by atoms with Crippen LogP contribution in [0.5, 0.6) is 5.75 Å². The third-order valence-electron chi connectivity index (χ3n) is 6.36. The molecular weight excluding hydrogens is 340 g/mol. The van der Waals surface area contributed by atoms with Crippen LogP contribution in [0.4, 0.5) is 0 Å². The first-order chi connectivity index (χ1) is 13.2. The molecule has 0 spiro atoms. The fraction of sp³-hybridized carbons (Fsp3) is 0.682. The molecule has 1 aliphatic carbocycles. The van der Waals surface area contributed by atoms with Crippen molar-refractivity contribution in [1.82, 2.24) is 9.80 Å². The first kappa shape index (κ1) is 18.8. The maximum atomic E-state index is 12.8. The number of carbonyl (C=O) groups excluding carboxylic acids is 1. The van der Waals surface area contributed by atoms with Gasteiger partial charge in [-0.05, 0) is 55.7 Å². The molecule has 5 heteroatoms. The molecule has 2 heterocycles. The molecule has 2 aliphatic heterocycles. The zero-order valence-corrected chi connectivity index (χ0v) is 16.5. The normalized spacial score (nSPS) is 21.7. The lowest BCUT2D eigenvalue weighted by Crippen LogP contribution is -2.40. The number of aryl methyl sites for hydroxylation is 2. The molecule has 27 heavy (non-hydrogen) atoms. The molecule has 0 aromatic heterocycles. The monoisotopic (exact) mass is 372 g/mol. The molecule has 5 nitrogen and oxygen atoms in total. The van der Waals surface area contributed by atoms with Gasteiger partial charge in [-0.15, -0.1) is 0 Å². The average molecular weight is 373 g/mol. The van der Waals surface area contributed by atoms with Crippen molar-refractivity contribution >= 4 is 5.91 Å². The zero-order chi connectivity index (χ0) is 18.6. The van der Waals surface area contributed by atoms with Crippen LogP contribution >= 0.6 is 0 Å². The van der Waals surface area contributed by atoms with Crippen molar-refractivity contribution in [3.05, 3.63) is 28.8 Å². The van der Waals surface area contributed by atoms with Gasteiger partial charge in [0, 0.05) is 57.4 Å². The summed E-state index contributed by atoms with van der Waals surface area (Å²) in [6, 6.07) is 4.60. The van der Waals surface area contributed by atoms with E-state index in [9.17, 15) is 4.79 Å². The molecule has 3 aliphatic rings. The fourth-order valence-corrected chi connectivity index (χ4v) is 4.76. The van der Waals surface area contributed by atoms with Gasteiger partial charge in [-0.1, -0.05) is 6.07 Å². The Morgan fingerprint density at radius 1 is 1.07 bits per heavy atom. The molecule has 0 N–H and O–H groups in total. The van der Waals surface area contributed by atoms with Gasteiger partial charge in [-0.25, -0.2) is 0 Å². The highest BCUT2D eigenvalue weighted by Crippen LogP contribution is 2.31. The van der Waals surface area contributed by atoms with E-state index in [0.29, 0.717) is 5.91 Å². The minimum absolute atomic E-state index is 0.169. The second-order valence-electron chi connectivity index (χ2n) is 8.13. The number of hydrogen-bond acceptors (Lipinski definition) is 4. The molecule has 0 bridgehead atoms. The largest absolute Gasteiger partial charge is 0.496 e. The van der Waals surface area contributed by atoms with Crippen LogP contribution in [0, 0.1) is 5.92 Å². The summed E-state index contributed by atoms with van der Waals surface area (Å²) in [4.78, 5) is 17.4. The van der Waals surface area contributed by atoms with E-state index in [4.69, 9.17) is 9.47 Å². The van der Waals surface area contributed by atoms with E-state index < -0.39 is 0 Å². The number of benzene rings is 1. The maximum Gasteiger partial charge on any atom is 0.225 e. The number of ether oxygens (including phenoxy) is 2. The molecule has 0 radical (unpaired) electrons. The second kappa shape index (κ2) is 8.61. The van der Waals surface area contributed by atoms with Gasteiger partial charge >= 0.3 is 0 Å². The van der Waals surface area contributed by atoms with Gasteiger partial charge in [-0.3, -0.25) is 9.69 Å². The third kappa shape index (κ3) is 4.30. The lowest BCUT2D eigenvalue weighted by Gasteiger charge is -2.28. The van der Waals surface area contributed by atoms with E-state index in [2.05, 4.69) is 21.9 Å². The van der Waals surface area contributed by atoms with Crippen LogP contribution in [-0.2, 0) is 28.9 Å². The van der Waals surface area contributed by atoms with E-state index in [1.807, 2.05) is 0 Å². The van der Waals surface area contributed by atoms with E-state index in [1.165, 1.54) is 36.0 Å². The summed E-state index contributed by atoms with van der Waals surface area (Å²) in [7, 11) is 1.77. The summed E-state index contributed by atoms with van der Waals surface area (Å²) in [6.07, 6.45) is 6.44. The number of amides is 1. The predicted molar refractivity (Wildman–Crippen MR) is 105 cm³/mol. The summed E-state index contributed by atoms with van der Waals surface area (Å²) in [6.45, 7) is 6.07. The van der Waals surface area contributed by atoms with Crippen LogP contribution in [0.25, 0.3) is 0 Å². The van der Waals surface area contributed by atoms with E-state index in [-0.39, 0.29) is 5.92 Å². The van der Waals surface area contributed by atoms with Crippen molar-refractivity contribution in [2.24, 2.45) is 5.92 Å². The first-order valence-electron chi connectivity index (χ1n) is 10.5. The highest BCUT2D eigenvalue weighted by atomic mass is 16.5. The summed E-state index contributed by atoms with van der Waals surface area (Å²) in [5.74, 6) is 1.53. The van der Waals surface area contributed by atoms with Crippen molar-refractivity contribution < 1.29 is 14.3 Å². The SMILES string of the molecule is COc1cc2c(cc1CN1CCCN(C(=O)C3CCOCC3)CC1)CCC2. The van der Waals surface area contributed by atoms with Crippen molar-refractivity contribution in [3.63, 3.8) is 0 Å². The Hall–Kier alpha value is -1.59. The highest BCUT2D eigenvalue weighted by Gasteiger charge is 2.28. The van der Waals surface area contributed by atoms with Gasteiger partial charge in [-0.2, -0.15) is 0 Å². The molecule has 1 aromatic carbocycles. The molecule has 1 amide bonds. The predicted octanol–water partition coefficient (Wildman–Crippen LogP) is 2.64. The van der Waals surface area contributed by atoms with Crippen LogP contribution in [-0.4, -0.2) is 62.2 Å². The van der Waals surface area contributed by atoms with Gasteiger partial charge in [0.1, 0.15) is 5.75 Å². The van der Waals surface area contributed by atoms with Gasteiger partial charge in [0.15, 0.2) is 0 Å². The molecule has 1 aromatic rings. The third-order valence-corrected chi connectivity index (χ3v) is 6.36. The summed E-state index contributed by atoms with van der Waals surface area (Å²) in [5, 5.41) is 0. The molecule has 148 valence electrons. The molecule has 0 unspecified atom stereocenters. The number of rotatable bonds is 4. The number of hydrogen-bond donors (Lipinski definition) is 0. The summed E-state index contributed by atoms with van der Waals surface area (Å²) in [5.41, 5.74) is 4.25. The Bertz CT molecular complexity index is 670. The minimum Gasteiger partial charge on any atom is -0.496 e. The lowest BCUT2D eigenvalue weighted by molar-refractivity contribution is -0.138. The zero-order valence-electron chi connectivity index (χ0n) is 16.5. The summed E-state index contributed by atoms with van der Waals surface area (Å²) < 4.78 is 11.1. The Balaban J connectivity index is 1.38. The Labute approximate surface area is 162 Å². The molecule has 2 saturated heterocycles. The molecule has 2 fully saturated rings. The molecule has 0 saturated carbocycles.